The fraction of sp³-hybridized carbons (Fsp3) is 0.0714. The molecular formula is C14H11FN2O. The summed E-state index contributed by atoms with van der Waals surface area (Å²) in [6.45, 7) is 0. The van der Waals surface area contributed by atoms with Gasteiger partial charge < -0.3 is 9.72 Å². The molecule has 0 amide bonds. The standard InChI is InChI=1S/C14H11FN2O/c1-18-13-3-2-11(15)7-12(13)10-6-9-4-5-16-14(9)17-8-10/h2-8H,1H3,(H,16,17). The molecule has 0 saturated carbocycles. The molecule has 2 aromatic heterocycles. The summed E-state index contributed by atoms with van der Waals surface area (Å²) in [4.78, 5) is 7.31. The highest BCUT2D eigenvalue weighted by atomic mass is 19.1. The van der Waals surface area contributed by atoms with E-state index < -0.39 is 0 Å². The number of ether oxygens (including phenoxy) is 1. The van der Waals surface area contributed by atoms with Crippen molar-refractivity contribution in [2.24, 2.45) is 0 Å². The highest BCUT2D eigenvalue weighted by Crippen LogP contribution is 2.31. The summed E-state index contributed by atoms with van der Waals surface area (Å²) in [7, 11) is 1.57. The van der Waals surface area contributed by atoms with Crippen molar-refractivity contribution in [3.05, 3.63) is 48.5 Å². The first-order chi connectivity index (χ1) is 8.78. The number of aromatic amines is 1. The number of nitrogens with zero attached hydrogens (tertiary/aromatic N) is 1. The predicted octanol–water partition coefficient (Wildman–Crippen LogP) is 3.38. The van der Waals surface area contributed by atoms with Gasteiger partial charge in [0, 0.05) is 28.9 Å². The summed E-state index contributed by atoms with van der Waals surface area (Å²) in [5.74, 6) is 0.341. The van der Waals surface area contributed by atoms with E-state index in [9.17, 15) is 4.39 Å². The smallest absolute Gasteiger partial charge is 0.137 e. The largest absolute Gasteiger partial charge is 0.496 e. The van der Waals surface area contributed by atoms with E-state index in [-0.39, 0.29) is 5.82 Å². The van der Waals surface area contributed by atoms with Gasteiger partial charge in [0.2, 0.25) is 0 Å². The van der Waals surface area contributed by atoms with E-state index >= 15 is 0 Å². The van der Waals surface area contributed by atoms with Crippen LogP contribution in [0.15, 0.2) is 42.7 Å². The van der Waals surface area contributed by atoms with Gasteiger partial charge in [0.05, 0.1) is 7.11 Å². The van der Waals surface area contributed by atoms with Crippen molar-refractivity contribution < 1.29 is 9.13 Å². The molecule has 0 aliphatic heterocycles. The van der Waals surface area contributed by atoms with Gasteiger partial charge in [-0.05, 0) is 30.3 Å². The first-order valence-electron chi connectivity index (χ1n) is 5.55. The lowest BCUT2D eigenvalue weighted by Gasteiger charge is -2.08. The highest BCUT2D eigenvalue weighted by molar-refractivity contribution is 5.82. The number of hydrogen-bond donors (Lipinski definition) is 1. The van der Waals surface area contributed by atoms with Crippen LogP contribution in [-0.4, -0.2) is 17.1 Å². The maximum absolute atomic E-state index is 13.3. The number of nitrogens with one attached hydrogen (secondary N) is 1. The number of rotatable bonds is 2. The molecule has 4 heteroatoms. The number of halogens is 1. The minimum atomic E-state index is -0.292. The van der Waals surface area contributed by atoms with E-state index in [1.165, 1.54) is 12.1 Å². The zero-order valence-electron chi connectivity index (χ0n) is 9.77. The molecule has 0 fully saturated rings. The van der Waals surface area contributed by atoms with Crippen LogP contribution >= 0.6 is 0 Å². The molecule has 2 heterocycles. The van der Waals surface area contributed by atoms with Crippen molar-refractivity contribution in [3.8, 4) is 16.9 Å². The predicted molar refractivity (Wildman–Crippen MR) is 68.0 cm³/mol. The monoisotopic (exact) mass is 242 g/mol. The molecule has 18 heavy (non-hydrogen) atoms. The molecule has 0 aliphatic rings. The van der Waals surface area contributed by atoms with Gasteiger partial charge in [0.15, 0.2) is 0 Å². The number of pyridine rings is 1. The lowest BCUT2D eigenvalue weighted by molar-refractivity contribution is 0.415. The molecular weight excluding hydrogens is 231 g/mol. The first-order valence-corrected chi connectivity index (χ1v) is 5.55. The van der Waals surface area contributed by atoms with Crippen molar-refractivity contribution in [1.82, 2.24) is 9.97 Å². The molecule has 0 saturated heterocycles. The minimum absolute atomic E-state index is 0.292. The maximum Gasteiger partial charge on any atom is 0.137 e. The Labute approximate surface area is 103 Å². The van der Waals surface area contributed by atoms with Crippen molar-refractivity contribution >= 4 is 11.0 Å². The van der Waals surface area contributed by atoms with Crippen LogP contribution in [0, 0.1) is 5.82 Å². The van der Waals surface area contributed by atoms with Gasteiger partial charge in [-0.2, -0.15) is 0 Å². The van der Waals surface area contributed by atoms with Gasteiger partial charge in [-0.25, -0.2) is 9.37 Å². The van der Waals surface area contributed by atoms with E-state index in [1.54, 1.807) is 19.4 Å². The summed E-state index contributed by atoms with van der Waals surface area (Å²) in [6.07, 6.45) is 3.53. The number of aromatic nitrogens is 2. The van der Waals surface area contributed by atoms with Crippen molar-refractivity contribution in [2.45, 2.75) is 0 Å². The topological polar surface area (TPSA) is 37.9 Å². The highest BCUT2D eigenvalue weighted by Gasteiger charge is 2.08. The van der Waals surface area contributed by atoms with Crippen molar-refractivity contribution in [3.63, 3.8) is 0 Å². The van der Waals surface area contributed by atoms with E-state index in [1.807, 2.05) is 18.3 Å². The van der Waals surface area contributed by atoms with Crippen LogP contribution in [0.4, 0.5) is 4.39 Å². The van der Waals surface area contributed by atoms with Crippen LogP contribution in [0.3, 0.4) is 0 Å². The molecule has 0 atom stereocenters. The number of hydrogen-bond acceptors (Lipinski definition) is 2. The second-order valence-corrected chi connectivity index (χ2v) is 3.98. The van der Waals surface area contributed by atoms with Gasteiger partial charge in [-0.15, -0.1) is 0 Å². The Bertz CT molecular complexity index is 706. The molecule has 0 radical (unpaired) electrons. The van der Waals surface area contributed by atoms with Crippen molar-refractivity contribution in [2.75, 3.05) is 7.11 Å². The second kappa shape index (κ2) is 4.14. The number of methoxy groups -OCH3 is 1. The average molecular weight is 242 g/mol. The van der Waals surface area contributed by atoms with E-state index in [2.05, 4.69) is 9.97 Å². The first kappa shape index (κ1) is 10.8. The van der Waals surface area contributed by atoms with Gasteiger partial charge in [-0.3, -0.25) is 0 Å². The molecule has 3 aromatic rings. The SMILES string of the molecule is COc1ccc(F)cc1-c1cnc2[nH]ccc2c1. The van der Waals surface area contributed by atoms with E-state index in [4.69, 9.17) is 4.74 Å². The molecule has 3 rings (SSSR count). The third-order valence-electron chi connectivity index (χ3n) is 2.87. The molecule has 1 aromatic carbocycles. The summed E-state index contributed by atoms with van der Waals surface area (Å²) in [5.41, 5.74) is 2.35. The Morgan fingerprint density at radius 1 is 1.22 bits per heavy atom. The summed E-state index contributed by atoms with van der Waals surface area (Å²) < 4.78 is 18.6. The third kappa shape index (κ3) is 1.72. The molecule has 0 aliphatic carbocycles. The Morgan fingerprint density at radius 3 is 2.94 bits per heavy atom. The fourth-order valence-corrected chi connectivity index (χ4v) is 1.99. The Morgan fingerprint density at radius 2 is 2.11 bits per heavy atom. The Hall–Kier alpha value is -2.36. The van der Waals surface area contributed by atoms with Crippen LogP contribution in [0.5, 0.6) is 5.75 Å². The van der Waals surface area contributed by atoms with Gasteiger partial charge in [0.25, 0.3) is 0 Å². The average Bonchev–Trinajstić information content (AvgIpc) is 2.85. The van der Waals surface area contributed by atoms with Crippen LogP contribution in [0.1, 0.15) is 0 Å². The van der Waals surface area contributed by atoms with Crippen molar-refractivity contribution in [1.29, 1.82) is 0 Å². The molecule has 0 unspecified atom stereocenters. The van der Waals surface area contributed by atoms with E-state index in [0.717, 1.165) is 16.6 Å². The van der Waals surface area contributed by atoms with Gasteiger partial charge >= 0.3 is 0 Å². The summed E-state index contributed by atoms with van der Waals surface area (Å²) >= 11 is 0. The normalized spacial score (nSPS) is 10.8. The van der Waals surface area contributed by atoms with Crippen LogP contribution in [0.2, 0.25) is 0 Å². The van der Waals surface area contributed by atoms with Crippen LogP contribution < -0.4 is 4.74 Å². The lowest BCUT2D eigenvalue weighted by atomic mass is 10.1. The molecule has 1 N–H and O–H groups in total. The molecule has 3 nitrogen and oxygen atoms in total. The third-order valence-corrected chi connectivity index (χ3v) is 2.87. The van der Waals surface area contributed by atoms with Crippen LogP contribution in [-0.2, 0) is 0 Å². The Kier molecular flexibility index (Phi) is 2.48. The number of benzene rings is 1. The second-order valence-electron chi connectivity index (χ2n) is 3.98. The van der Waals surface area contributed by atoms with Crippen LogP contribution in [0.25, 0.3) is 22.2 Å². The quantitative estimate of drug-likeness (QED) is 0.748. The summed E-state index contributed by atoms with van der Waals surface area (Å²) in [6, 6.07) is 8.33. The molecule has 0 spiro atoms. The Balaban J connectivity index is 2.21. The summed E-state index contributed by atoms with van der Waals surface area (Å²) in [5, 5.41) is 0.985. The zero-order chi connectivity index (χ0) is 12.5. The number of fused-ring (bicyclic) bond motifs is 1. The van der Waals surface area contributed by atoms with Gasteiger partial charge in [0.1, 0.15) is 17.2 Å². The van der Waals surface area contributed by atoms with E-state index in [0.29, 0.717) is 11.3 Å². The molecule has 90 valence electrons. The van der Waals surface area contributed by atoms with Gasteiger partial charge in [-0.1, -0.05) is 0 Å². The minimum Gasteiger partial charge on any atom is -0.496 e. The maximum atomic E-state index is 13.3. The lowest BCUT2D eigenvalue weighted by Crippen LogP contribution is -1.90. The molecule has 0 bridgehead atoms. The fourth-order valence-electron chi connectivity index (χ4n) is 1.99. The number of H-pyrrole nitrogens is 1. The zero-order valence-corrected chi connectivity index (χ0v) is 9.77.